The van der Waals surface area contributed by atoms with Crippen molar-refractivity contribution in [3.8, 4) is 0 Å². The van der Waals surface area contributed by atoms with E-state index >= 15 is 0 Å². The van der Waals surface area contributed by atoms with Crippen LogP contribution in [0.3, 0.4) is 0 Å². The van der Waals surface area contributed by atoms with Gasteiger partial charge in [-0.1, -0.05) is 6.42 Å². The summed E-state index contributed by atoms with van der Waals surface area (Å²) in [6.07, 6.45) is 2.47. The van der Waals surface area contributed by atoms with Crippen LogP contribution in [0.5, 0.6) is 0 Å². The van der Waals surface area contributed by atoms with Crippen molar-refractivity contribution < 1.29 is 12.8 Å². The Morgan fingerprint density at radius 2 is 2.18 bits per heavy atom. The van der Waals surface area contributed by atoms with Gasteiger partial charge in [0.15, 0.2) is 9.84 Å². The summed E-state index contributed by atoms with van der Waals surface area (Å²) in [5, 5.41) is 2.73. The number of nitrogens with one attached hydrogen (secondary N) is 1. The molecule has 1 N–H and O–H groups in total. The lowest BCUT2D eigenvalue weighted by atomic mass is 10.1. The summed E-state index contributed by atoms with van der Waals surface area (Å²) in [7, 11) is -1.21. The predicted molar refractivity (Wildman–Crippen MR) is 66.7 cm³/mol. The van der Waals surface area contributed by atoms with Crippen molar-refractivity contribution in [2.75, 3.05) is 12.8 Å². The Balaban J connectivity index is 2.29. The highest BCUT2D eigenvalue weighted by Crippen LogP contribution is 2.31. The topological polar surface area (TPSA) is 59.3 Å². The molecule has 0 amide bonds. The van der Waals surface area contributed by atoms with Gasteiger partial charge >= 0.3 is 0 Å². The Morgan fingerprint density at radius 1 is 1.41 bits per heavy atom. The summed E-state index contributed by atoms with van der Waals surface area (Å²) < 4.78 is 29.7. The summed E-state index contributed by atoms with van der Waals surface area (Å²) in [5.74, 6) is 1.84. The van der Waals surface area contributed by atoms with Crippen LogP contribution in [0.2, 0.25) is 0 Å². The van der Waals surface area contributed by atoms with E-state index in [1.165, 1.54) is 0 Å². The molecule has 5 heteroatoms. The predicted octanol–water partition coefficient (Wildman–Crippen LogP) is 1.82. The average Bonchev–Trinajstić information content (AvgIpc) is 2.68. The normalized spacial score (nSPS) is 25.6. The second kappa shape index (κ2) is 4.82. The van der Waals surface area contributed by atoms with Crippen molar-refractivity contribution in [2.24, 2.45) is 0 Å². The Kier molecular flexibility index (Phi) is 3.58. The van der Waals surface area contributed by atoms with Crippen LogP contribution in [-0.2, 0) is 9.84 Å². The molecule has 1 aliphatic heterocycles. The van der Waals surface area contributed by atoms with Crippen LogP contribution < -0.4 is 5.32 Å². The molecule has 0 spiro atoms. The molecule has 2 rings (SSSR count). The zero-order valence-electron chi connectivity index (χ0n) is 10.3. The molecule has 17 heavy (non-hydrogen) atoms. The fourth-order valence-electron chi connectivity index (χ4n) is 2.49. The van der Waals surface area contributed by atoms with E-state index in [1.807, 2.05) is 19.1 Å². The first-order valence-corrected chi connectivity index (χ1v) is 7.71. The van der Waals surface area contributed by atoms with E-state index in [0.29, 0.717) is 12.2 Å². The first kappa shape index (κ1) is 12.6. The molecular formula is C12H19NO3S. The monoisotopic (exact) mass is 257 g/mol. The van der Waals surface area contributed by atoms with Crippen LogP contribution >= 0.6 is 0 Å². The van der Waals surface area contributed by atoms with Crippen molar-refractivity contribution in [1.82, 2.24) is 5.32 Å². The zero-order chi connectivity index (χ0) is 12.5. The third-order valence-electron chi connectivity index (χ3n) is 3.38. The number of aryl methyl sites for hydroxylation is 1. The standard InChI is InChI=1S/C12H19NO3S/c1-9-6-7-10(16-9)12(13-2)11-5-3-4-8-17(11,14)15/h6-7,11-13H,3-5,8H2,1-2H3. The lowest BCUT2D eigenvalue weighted by Gasteiger charge is -2.28. The van der Waals surface area contributed by atoms with Gasteiger partial charge in [0.1, 0.15) is 11.5 Å². The molecule has 1 aromatic heterocycles. The van der Waals surface area contributed by atoms with Crippen molar-refractivity contribution in [1.29, 1.82) is 0 Å². The third kappa shape index (κ3) is 2.55. The van der Waals surface area contributed by atoms with Gasteiger partial charge in [-0.05, 0) is 38.9 Å². The molecule has 2 atom stereocenters. The number of hydrogen-bond acceptors (Lipinski definition) is 4. The maximum Gasteiger partial charge on any atom is 0.155 e. The molecule has 0 radical (unpaired) electrons. The number of rotatable bonds is 3. The Labute approximate surface area is 102 Å². The maximum atomic E-state index is 12.1. The molecule has 2 unspecified atom stereocenters. The summed E-state index contributed by atoms with van der Waals surface area (Å²) in [4.78, 5) is 0. The van der Waals surface area contributed by atoms with Gasteiger partial charge in [0.2, 0.25) is 0 Å². The van der Waals surface area contributed by atoms with Crippen LogP contribution in [0.1, 0.15) is 36.8 Å². The van der Waals surface area contributed by atoms with Crippen LogP contribution in [0.15, 0.2) is 16.5 Å². The van der Waals surface area contributed by atoms with Gasteiger partial charge in [-0.2, -0.15) is 0 Å². The highest BCUT2D eigenvalue weighted by molar-refractivity contribution is 7.92. The zero-order valence-corrected chi connectivity index (χ0v) is 11.1. The smallest absolute Gasteiger partial charge is 0.155 e. The highest BCUT2D eigenvalue weighted by Gasteiger charge is 2.36. The minimum Gasteiger partial charge on any atom is -0.465 e. The molecular weight excluding hydrogens is 238 g/mol. The fourth-order valence-corrected chi connectivity index (χ4v) is 4.61. The molecule has 1 aliphatic rings. The summed E-state index contributed by atoms with van der Waals surface area (Å²) in [6, 6.07) is 3.50. The second-order valence-electron chi connectivity index (χ2n) is 4.62. The van der Waals surface area contributed by atoms with Gasteiger partial charge in [0, 0.05) is 0 Å². The molecule has 4 nitrogen and oxygen atoms in total. The highest BCUT2D eigenvalue weighted by atomic mass is 32.2. The van der Waals surface area contributed by atoms with Crippen LogP contribution in [0, 0.1) is 6.92 Å². The first-order valence-electron chi connectivity index (χ1n) is 6.00. The third-order valence-corrected chi connectivity index (χ3v) is 5.67. The van der Waals surface area contributed by atoms with Crippen molar-refractivity contribution in [3.63, 3.8) is 0 Å². The van der Waals surface area contributed by atoms with Gasteiger partial charge in [-0.25, -0.2) is 8.42 Å². The number of hydrogen-bond donors (Lipinski definition) is 1. The second-order valence-corrected chi connectivity index (χ2v) is 6.96. The van der Waals surface area contributed by atoms with Crippen molar-refractivity contribution in [3.05, 3.63) is 23.7 Å². The first-order chi connectivity index (χ1) is 8.04. The van der Waals surface area contributed by atoms with Crippen molar-refractivity contribution in [2.45, 2.75) is 37.5 Å². The van der Waals surface area contributed by atoms with E-state index in [9.17, 15) is 8.42 Å². The lowest BCUT2D eigenvalue weighted by Crippen LogP contribution is -2.39. The van der Waals surface area contributed by atoms with E-state index in [4.69, 9.17) is 4.42 Å². The Morgan fingerprint density at radius 3 is 2.71 bits per heavy atom. The molecule has 2 heterocycles. The van der Waals surface area contributed by atoms with Gasteiger partial charge in [-0.15, -0.1) is 0 Å². The van der Waals surface area contributed by atoms with Crippen LogP contribution in [0.25, 0.3) is 0 Å². The largest absolute Gasteiger partial charge is 0.465 e. The average molecular weight is 257 g/mol. The molecule has 96 valence electrons. The molecule has 0 aromatic carbocycles. The summed E-state index contributed by atoms with van der Waals surface area (Å²) in [5.41, 5.74) is 0. The molecule has 1 fully saturated rings. The van der Waals surface area contributed by atoms with E-state index in [1.54, 1.807) is 7.05 Å². The van der Waals surface area contributed by atoms with E-state index in [-0.39, 0.29) is 11.3 Å². The molecule has 1 aromatic rings. The Bertz CT molecular complexity index is 478. The maximum absolute atomic E-state index is 12.1. The van der Waals surface area contributed by atoms with Crippen LogP contribution in [-0.4, -0.2) is 26.5 Å². The van der Waals surface area contributed by atoms with E-state index in [0.717, 1.165) is 24.4 Å². The summed E-state index contributed by atoms with van der Waals surface area (Å²) >= 11 is 0. The van der Waals surface area contributed by atoms with E-state index < -0.39 is 9.84 Å². The molecule has 0 saturated carbocycles. The van der Waals surface area contributed by atoms with Gasteiger partial charge in [0.25, 0.3) is 0 Å². The molecule has 0 bridgehead atoms. The SMILES string of the molecule is CNC(c1ccc(C)o1)C1CCCCS1(=O)=O. The van der Waals surface area contributed by atoms with Crippen molar-refractivity contribution >= 4 is 9.84 Å². The quantitative estimate of drug-likeness (QED) is 0.897. The summed E-state index contributed by atoms with van der Waals surface area (Å²) in [6.45, 7) is 1.87. The minimum atomic E-state index is -3.00. The van der Waals surface area contributed by atoms with E-state index in [2.05, 4.69) is 5.32 Å². The lowest BCUT2D eigenvalue weighted by molar-refractivity contribution is 0.384. The van der Waals surface area contributed by atoms with Gasteiger partial charge in [0.05, 0.1) is 17.0 Å². The van der Waals surface area contributed by atoms with Gasteiger partial charge in [-0.3, -0.25) is 0 Å². The minimum absolute atomic E-state index is 0.228. The van der Waals surface area contributed by atoms with Gasteiger partial charge < -0.3 is 9.73 Å². The van der Waals surface area contributed by atoms with Crippen LogP contribution in [0.4, 0.5) is 0 Å². The fraction of sp³-hybridized carbons (Fsp3) is 0.667. The number of furan rings is 1. The Hall–Kier alpha value is -0.810. The molecule has 1 saturated heterocycles. The number of sulfone groups is 1. The molecule has 0 aliphatic carbocycles.